The Kier molecular flexibility index (Phi) is 7.97. The van der Waals surface area contributed by atoms with E-state index in [0.717, 1.165) is 42.0 Å². The highest BCUT2D eigenvalue weighted by atomic mass is 16.3. The number of carbonyl (C=O) groups excluding carboxylic acids is 1. The molecule has 1 saturated heterocycles. The maximum absolute atomic E-state index is 12.6. The fraction of sp³-hybridized carbons (Fsp3) is 0.444. The predicted octanol–water partition coefficient (Wildman–Crippen LogP) is 4.55. The van der Waals surface area contributed by atoms with Gasteiger partial charge in [0.05, 0.1) is 5.69 Å². The van der Waals surface area contributed by atoms with E-state index in [-0.39, 0.29) is 11.9 Å². The van der Waals surface area contributed by atoms with Gasteiger partial charge in [-0.15, -0.1) is 6.58 Å². The molecule has 2 aromatic rings. The number of amides is 1. The van der Waals surface area contributed by atoms with Crippen molar-refractivity contribution in [1.29, 1.82) is 0 Å². The van der Waals surface area contributed by atoms with E-state index in [0.29, 0.717) is 31.3 Å². The fourth-order valence-electron chi connectivity index (χ4n) is 4.66. The number of hydrogen-bond donors (Lipinski definition) is 1. The first-order valence-corrected chi connectivity index (χ1v) is 11.7. The molecule has 0 aliphatic carbocycles. The predicted molar refractivity (Wildman–Crippen MR) is 133 cm³/mol. The van der Waals surface area contributed by atoms with Crippen LogP contribution in [0, 0.1) is 0 Å². The molecular formula is C27H37N3O2. The van der Waals surface area contributed by atoms with Gasteiger partial charge in [0, 0.05) is 50.4 Å². The van der Waals surface area contributed by atoms with Gasteiger partial charge in [-0.2, -0.15) is 0 Å². The summed E-state index contributed by atoms with van der Waals surface area (Å²) in [7, 11) is 0. The average molecular weight is 436 g/mol. The minimum absolute atomic E-state index is 0.0693. The first-order chi connectivity index (χ1) is 15.4. The zero-order valence-corrected chi connectivity index (χ0v) is 19.9. The van der Waals surface area contributed by atoms with Crippen LogP contribution in [0.3, 0.4) is 0 Å². The quantitative estimate of drug-likeness (QED) is 0.618. The van der Waals surface area contributed by atoms with Gasteiger partial charge in [-0.1, -0.05) is 30.3 Å². The summed E-state index contributed by atoms with van der Waals surface area (Å²) in [4.78, 5) is 19.2. The van der Waals surface area contributed by atoms with Crippen LogP contribution in [0.5, 0.6) is 5.75 Å². The molecule has 5 heteroatoms. The second-order valence-electron chi connectivity index (χ2n) is 8.73. The van der Waals surface area contributed by atoms with Crippen molar-refractivity contribution in [3.8, 4) is 5.75 Å². The number of carbonyl (C=O) groups is 1. The number of anilines is 1. The smallest absolute Gasteiger partial charge is 0.253 e. The van der Waals surface area contributed by atoms with Crippen LogP contribution < -0.4 is 4.90 Å². The molecule has 0 aromatic heterocycles. The normalized spacial score (nSPS) is 19.1. The van der Waals surface area contributed by atoms with Gasteiger partial charge in [0.2, 0.25) is 0 Å². The topological polar surface area (TPSA) is 47.0 Å². The number of phenols is 1. The van der Waals surface area contributed by atoms with Gasteiger partial charge >= 0.3 is 0 Å². The molecule has 5 nitrogen and oxygen atoms in total. The van der Waals surface area contributed by atoms with E-state index in [1.807, 2.05) is 55.2 Å². The monoisotopic (exact) mass is 435 g/mol. The van der Waals surface area contributed by atoms with Crippen LogP contribution in [0.4, 0.5) is 5.69 Å². The minimum Gasteiger partial charge on any atom is -0.506 e. The van der Waals surface area contributed by atoms with E-state index in [9.17, 15) is 9.90 Å². The van der Waals surface area contributed by atoms with Crippen LogP contribution in [0.25, 0.3) is 0 Å². The number of benzene rings is 2. The van der Waals surface area contributed by atoms with Gasteiger partial charge in [0.25, 0.3) is 5.91 Å². The highest BCUT2D eigenvalue weighted by Gasteiger charge is 2.31. The third-order valence-electron chi connectivity index (χ3n) is 6.51. The van der Waals surface area contributed by atoms with Crippen molar-refractivity contribution in [1.82, 2.24) is 9.80 Å². The summed E-state index contributed by atoms with van der Waals surface area (Å²) in [5.74, 6) is 0.395. The summed E-state index contributed by atoms with van der Waals surface area (Å²) in [5, 5.41) is 10.8. The number of para-hydroxylation sites is 1. The first-order valence-electron chi connectivity index (χ1n) is 11.7. The summed E-state index contributed by atoms with van der Waals surface area (Å²) in [5.41, 5.74) is 3.87. The van der Waals surface area contributed by atoms with Crippen molar-refractivity contribution in [2.75, 3.05) is 37.6 Å². The third-order valence-corrected chi connectivity index (χ3v) is 6.51. The summed E-state index contributed by atoms with van der Waals surface area (Å²) < 4.78 is 0. The maximum atomic E-state index is 12.6. The largest absolute Gasteiger partial charge is 0.506 e. The molecule has 1 amide bonds. The van der Waals surface area contributed by atoms with Gasteiger partial charge < -0.3 is 14.9 Å². The molecule has 1 aliphatic rings. The van der Waals surface area contributed by atoms with Crippen molar-refractivity contribution in [3.63, 3.8) is 0 Å². The number of rotatable bonds is 8. The van der Waals surface area contributed by atoms with Crippen molar-refractivity contribution in [3.05, 3.63) is 71.8 Å². The Hall–Kier alpha value is -2.79. The SMILES string of the molecule is C=CCN1C[C@H](C)N(c2c(O)cccc2Cc2ccc(C(=O)N(CC)CC)cc2)C[C@@H]1C. The lowest BCUT2D eigenvalue weighted by molar-refractivity contribution is 0.0773. The van der Waals surface area contributed by atoms with Gasteiger partial charge in [0.15, 0.2) is 0 Å². The summed E-state index contributed by atoms with van der Waals surface area (Å²) >= 11 is 0. The number of aromatic hydroxyl groups is 1. The molecule has 1 fully saturated rings. The lowest BCUT2D eigenvalue weighted by Gasteiger charge is -2.45. The Bertz CT molecular complexity index is 921. The van der Waals surface area contributed by atoms with Crippen molar-refractivity contribution < 1.29 is 9.90 Å². The van der Waals surface area contributed by atoms with E-state index >= 15 is 0 Å². The number of nitrogens with zero attached hydrogens (tertiary/aromatic N) is 3. The Morgan fingerprint density at radius 2 is 1.78 bits per heavy atom. The summed E-state index contributed by atoms with van der Waals surface area (Å²) in [6.07, 6.45) is 2.66. The lowest BCUT2D eigenvalue weighted by atomic mass is 9.98. The minimum atomic E-state index is 0.0693. The molecule has 0 radical (unpaired) electrons. The lowest BCUT2D eigenvalue weighted by Crippen LogP contribution is -2.56. The van der Waals surface area contributed by atoms with Gasteiger partial charge in [0.1, 0.15) is 5.75 Å². The first kappa shape index (κ1) is 23.9. The maximum Gasteiger partial charge on any atom is 0.253 e. The molecule has 2 aromatic carbocycles. The second kappa shape index (κ2) is 10.7. The molecule has 2 atom stereocenters. The number of phenolic OH excluding ortho intramolecular Hbond substituents is 1. The van der Waals surface area contributed by atoms with E-state index in [1.165, 1.54) is 0 Å². The Morgan fingerprint density at radius 3 is 2.41 bits per heavy atom. The number of hydrogen-bond acceptors (Lipinski definition) is 4. The molecule has 0 bridgehead atoms. The second-order valence-corrected chi connectivity index (χ2v) is 8.73. The van der Waals surface area contributed by atoms with Crippen LogP contribution in [-0.2, 0) is 6.42 Å². The molecule has 0 unspecified atom stereocenters. The van der Waals surface area contributed by atoms with Crippen LogP contribution in [0.1, 0.15) is 49.2 Å². The van der Waals surface area contributed by atoms with Gasteiger partial charge in [-0.25, -0.2) is 0 Å². The van der Waals surface area contributed by atoms with Gasteiger partial charge in [-0.05, 0) is 63.4 Å². The summed E-state index contributed by atoms with van der Waals surface area (Å²) in [6.45, 7) is 16.4. The molecule has 1 N–H and O–H groups in total. The van der Waals surface area contributed by atoms with Crippen molar-refractivity contribution in [2.24, 2.45) is 0 Å². The van der Waals surface area contributed by atoms with Crippen LogP contribution in [0.2, 0.25) is 0 Å². The molecule has 32 heavy (non-hydrogen) atoms. The number of piperazine rings is 1. The third kappa shape index (κ3) is 5.16. The van der Waals surface area contributed by atoms with E-state index in [4.69, 9.17) is 0 Å². The van der Waals surface area contributed by atoms with Crippen LogP contribution >= 0.6 is 0 Å². The van der Waals surface area contributed by atoms with Crippen molar-refractivity contribution in [2.45, 2.75) is 46.2 Å². The van der Waals surface area contributed by atoms with E-state index < -0.39 is 0 Å². The van der Waals surface area contributed by atoms with E-state index in [2.05, 4.69) is 36.3 Å². The fourth-order valence-corrected chi connectivity index (χ4v) is 4.66. The highest BCUT2D eigenvalue weighted by Crippen LogP contribution is 2.36. The van der Waals surface area contributed by atoms with Crippen LogP contribution in [0.15, 0.2) is 55.1 Å². The zero-order chi connectivity index (χ0) is 23.3. The van der Waals surface area contributed by atoms with Crippen LogP contribution in [-0.4, -0.2) is 65.6 Å². The zero-order valence-electron chi connectivity index (χ0n) is 19.9. The molecule has 3 rings (SSSR count). The Morgan fingerprint density at radius 1 is 1.09 bits per heavy atom. The summed E-state index contributed by atoms with van der Waals surface area (Å²) in [6, 6.07) is 14.3. The molecule has 1 aliphatic heterocycles. The standard InChI is InChI=1S/C27H37N3O2/c1-6-16-29-18-21(5)30(19-20(29)4)26-24(10-9-11-25(26)31)17-22-12-14-23(15-13-22)27(32)28(7-2)8-3/h6,9-15,20-21,31H,1,7-8,16-19H2,2-5H3/t20-,21-/m0/s1. The molecule has 0 saturated carbocycles. The Balaban J connectivity index is 1.83. The van der Waals surface area contributed by atoms with Crippen molar-refractivity contribution >= 4 is 11.6 Å². The highest BCUT2D eigenvalue weighted by molar-refractivity contribution is 5.94. The Labute approximate surface area is 193 Å². The molecule has 0 spiro atoms. The van der Waals surface area contributed by atoms with E-state index in [1.54, 1.807) is 6.07 Å². The molecule has 1 heterocycles. The average Bonchev–Trinajstić information content (AvgIpc) is 2.78. The molecule has 172 valence electrons. The van der Waals surface area contributed by atoms with Gasteiger partial charge in [-0.3, -0.25) is 9.69 Å². The molecular weight excluding hydrogens is 398 g/mol.